The number of rotatable bonds is 7. The van der Waals surface area contributed by atoms with Crippen LogP contribution in [-0.2, 0) is 23.1 Å². The first kappa shape index (κ1) is 17.6. The van der Waals surface area contributed by atoms with Crippen molar-refractivity contribution in [3.63, 3.8) is 0 Å². The summed E-state index contributed by atoms with van der Waals surface area (Å²) in [5, 5.41) is 0.662. The predicted molar refractivity (Wildman–Crippen MR) is 99.8 cm³/mol. The molecule has 0 aliphatic rings. The lowest BCUT2D eigenvalue weighted by atomic mass is 10.1. The highest BCUT2D eigenvalue weighted by atomic mass is 32.2. The maximum absolute atomic E-state index is 12.8. The van der Waals surface area contributed by atoms with Gasteiger partial charge in [-0.1, -0.05) is 43.2 Å². The summed E-state index contributed by atoms with van der Waals surface area (Å²) in [5.74, 6) is 0. The van der Waals surface area contributed by atoms with Gasteiger partial charge in [0.05, 0.1) is 0 Å². The molecule has 0 spiro atoms. The highest BCUT2D eigenvalue weighted by Crippen LogP contribution is 2.24. The highest BCUT2D eigenvalue weighted by molar-refractivity contribution is 7.89. The number of nitrogens with one attached hydrogen (secondary N) is 1. The predicted octanol–water partition coefficient (Wildman–Crippen LogP) is 3.62. The molecule has 5 nitrogen and oxygen atoms in total. The van der Waals surface area contributed by atoms with Crippen molar-refractivity contribution in [2.45, 2.75) is 44.7 Å². The minimum Gasteiger partial charge on any atom is -0.331 e. The van der Waals surface area contributed by atoms with Crippen LogP contribution in [0.2, 0.25) is 0 Å². The van der Waals surface area contributed by atoms with Gasteiger partial charge in [-0.25, -0.2) is 18.1 Å². The fourth-order valence-electron chi connectivity index (χ4n) is 2.88. The second kappa shape index (κ2) is 7.37. The molecule has 132 valence electrons. The van der Waals surface area contributed by atoms with Crippen LogP contribution < -0.4 is 4.72 Å². The summed E-state index contributed by atoms with van der Waals surface area (Å²) in [5.41, 5.74) is 2.76. The van der Waals surface area contributed by atoms with E-state index < -0.39 is 10.0 Å². The Balaban J connectivity index is 1.91. The number of hydrogen-bond donors (Lipinski definition) is 1. The molecule has 2 heterocycles. The van der Waals surface area contributed by atoms with E-state index >= 15 is 0 Å². The van der Waals surface area contributed by atoms with Gasteiger partial charge in [0.25, 0.3) is 0 Å². The highest BCUT2D eigenvalue weighted by Gasteiger charge is 2.21. The lowest BCUT2D eigenvalue weighted by Gasteiger charge is -2.06. The molecule has 25 heavy (non-hydrogen) atoms. The van der Waals surface area contributed by atoms with E-state index in [1.807, 2.05) is 41.8 Å². The van der Waals surface area contributed by atoms with Crippen molar-refractivity contribution in [3.8, 4) is 0 Å². The largest absolute Gasteiger partial charge is 0.331 e. The van der Waals surface area contributed by atoms with Gasteiger partial charge in [-0.05, 0) is 31.0 Å². The third-order valence-corrected chi connectivity index (χ3v) is 5.62. The lowest BCUT2D eigenvalue weighted by Crippen LogP contribution is -2.23. The third kappa shape index (κ3) is 3.91. The van der Waals surface area contributed by atoms with Gasteiger partial charge in [0, 0.05) is 30.9 Å². The van der Waals surface area contributed by atoms with E-state index in [0.29, 0.717) is 15.9 Å². The maximum atomic E-state index is 12.8. The summed E-state index contributed by atoms with van der Waals surface area (Å²) in [7, 11) is -3.61. The normalized spacial score (nSPS) is 11.9. The molecular formula is C19H23N3O2S. The Morgan fingerprint density at radius 1 is 1.20 bits per heavy atom. The molecule has 0 unspecified atom stereocenters. The second-order valence-electron chi connectivity index (χ2n) is 6.23. The Hall–Kier alpha value is -2.18. The molecule has 0 atom stereocenters. The fraction of sp³-hybridized carbons (Fsp3) is 0.316. The summed E-state index contributed by atoms with van der Waals surface area (Å²) < 4.78 is 30.3. The topological polar surface area (TPSA) is 64.0 Å². The van der Waals surface area contributed by atoms with E-state index in [4.69, 9.17) is 0 Å². The van der Waals surface area contributed by atoms with Gasteiger partial charge in [0.2, 0.25) is 10.0 Å². The van der Waals surface area contributed by atoms with E-state index in [1.54, 1.807) is 18.5 Å². The number of hydrogen-bond acceptors (Lipinski definition) is 3. The van der Waals surface area contributed by atoms with Crippen molar-refractivity contribution in [3.05, 3.63) is 59.9 Å². The Morgan fingerprint density at radius 3 is 2.80 bits per heavy atom. The van der Waals surface area contributed by atoms with Crippen LogP contribution in [0.4, 0.5) is 0 Å². The number of pyridine rings is 1. The van der Waals surface area contributed by atoms with Crippen molar-refractivity contribution in [1.29, 1.82) is 0 Å². The molecule has 0 aliphatic heterocycles. The summed E-state index contributed by atoms with van der Waals surface area (Å²) in [6, 6.07) is 11.4. The van der Waals surface area contributed by atoms with Crippen LogP contribution in [0.25, 0.3) is 11.0 Å². The van der Waals surface area contributed by atoms with Gasteiger partial charge in [-0.2, -0.15) is 0 Å². The Morgan fingerprint density at radius 2 is 2.04 bits per heavy atom. The van der Waals surface area contributed by atoms with Crippen LogP contribution in [0.15, 0.2) is 53.7 Å². The van der Waals surface area contributed by atoms with Crippen molar-refractivity contribution in [1.82, 2.24) is 14.3 Å². The van der Waals surface area contributed by atoms with Crippen LogP contribution in [0, 0.1) is 6.92 Å². The van der Waals surface area contributed by atoms with Crippen LogP contribution in [-0.4, -0.2) is 18.0 Å². The number of aromatic nitrogens is 2. The number of aryl methyl sites for hydroxylation is 2. The molecule has 6 heteroatoms. The molecule has 0 saturated heterocycles. The monoisotopic (exact) mass is 357 g/mol. The van der Waals surface area contributed by atoms with Gasteiger partial charge in [0.1, 0.15) is 10.5 Å². The van der Waals surface area contributed by atoms with Crippen LogP contribution in [0.1, 0.15) is 30.9 Å². The molecule has 3 aromatic rings. The lowest BCUT2D eigenvalue weighted by molar-refractivity contribution is 0.580. The van der Waals surface area contributed by atoms with Crippen molar-refractivity contribution < 1.29 is 8.42 Å². The summed E-state index contributed by atoms with van der Waals surface area (Å²) >= 11 is 0. The average Bonchev–Trinajstić information content (AvgIpc) is 2.98. The Kier molecular flexibility index (Phi) is 5.20. The zero-order valence-electron chi connectivity index (χ0n) is 14.6. The number of sulfonamides is 1. The molecular weight excluding hydrogens is 334 g/mol. The van der Waals surface area contributed by atoms with Crippen LogP contribution in [0.3, 0.4) is 0 Å². The molecule has 2 aromatic heterocycles. The Labute approximate surface area is 148 Å². The van der Waals surface area contributed by atoms with E-state index in [2.05, 4.69) is 16.6 Å². The SMILES string of the molecule is CCCCn1cc(S(=O)(=O)NCc2cccc(C)c2)c2cccnc21. The minimum atomic E-state index is -3.61. The van der Waals surface area contributed by atoms with Crippen LogP contribution in [0.5, 0.6) is 0 Å². The number of unbranched alkanes of at least 4 members (excludes halogenated alkanes) is 1. The number of fused-ring (bicyclic) bond motifs is 1. The smallest absolute Gasteiger partial charge is 0.243 e. The van der Waals surface area contributed by atoms with E-state index in [-0.39, 0.29) is 6.54 Å². The van der Waals surface area contributed by atoms with Crippen molar-refractivity contribution in [2.24, 2.45) is 0 Å². The first-order valence-corrected chi connectivity index (χ1v) is 9.98. The third-order valence-electron chi connectivity index (χ3n) is 4.19. The van der Waals surface area contributed by atoms with Crippen molar-refractivity contribution in [2.75, 3.05) is 0 Å². The van der Waals surface area contributed by atoms with Gasteiger partial charge < -0.3 is 4.57 Å². The second-order valence-corrected chi connectivity index (χ2v) is 7.96. The molecule has 3 rings (SSSR count). The quantitative estimate of drug-likeness (QED) is 0.702. The fourth-order valence-corrected chi connectivity index (χ4v) is 4.11. The van der Waals surface area contributed by atoms with Gasteiger partial charge in [-0.15, -0.1) is 0 Å². The molecule has 0 aliphatic carbocycles. The first-order valence-electron chi connectivity index (χ1n) is 8.50. The molecule has 0 fully saturated rings. The number of benzene rings is 1. The van der Waals surface area contributed by atoms with Crippen molar-refractivity contribution >= 4 is 21.1 Å². The summed E-state index contributed by atoms with van der Waals surface area (Å²) in [6.07, 6.45) is 5.42. The van der Waals surface area contributed by atoms with Gasteiger partial charge in [0.15, 0.2) is 0 Å². The number of nitrogens with zero attached hydrogens (tertiary/aromatic N) is 2. The standard InChI is InChI=1S/C19H23N3O2S/c1-3-4-11-22-14-18(17-9-6-10-20-19(17)22)25(23,24)21-13-16-8-5-7-15(2)12-16/h5-10,12,14,21H,3-4,11,13H2,1-2H3. The summed E-state index contributed by atoms with van der Waals surface area (Å²) in [4.78, 5) is 4.66. The van der Waals surface area contributed by atoms with E-state index in [9.17, 15) is 8.42 Å². The van der Waals surface area contributed by atoms with Gasteiger partial charge in [-0.3, -0.25) is 0 Å². The van der Waals surface area contributed by atoms with E-state index in [0.717, 1.165) is 30.5 Å². The maximum Gasteiger partial charge on any atom is 0.243 e. The molecule has 1 N–H and O–H groups in total. The molecule has 0 radical (unpaired) electrons. The zero-order valence-corrected chi connectivity index (χ0v) is 15.4. The zero-order chi connectivity index (χ0) is 17.9. The molecule has 0 bridgehead atoms. The average molecular weight is 357 g/mol. The van der Waals surface area contributed by atoms with E-state index in [1.165, 1.54) is 0 Å². The molecule has 1 aromatic carbocycles. The van der Waals surface area contributed by atoms with Gasteiger partial charge >= 0.3 is 0 Å². The molecule has 0 amide bonds. The first-order chi connectivity index (χ1) is 12.0. The van der Waals surface area contributed by atoms with Crippen LogP contribution >= 0.6 is 0 Å². The Bertz CT molecular complexity index is 977. The summed E-state index contributed by atoms with van der Waals surface area (Å²) in [6.45, 7) is 5.13. The molecule has 0 saturated carbocycles. The minimum absolute atomic E-state index is 0.270.